The maximum atomic E-state index is 12.9. The lowest BCUT2D eigenvalue weighted by atomic mass is 10.3. The van der Waals surface area contributed by atoms with Gasteiger partial charge in [0.1, 0.15) is 17.9 Å². The predicted octanol–water partition coefficient (Wildman–Crippen LogP) is 2.86. The average Bonchev–Trinajstić information content (AvgIpc) is 2.98. The molecule has 0 aliphatic heterocycles. The number of rotatable bonds is 4. The van der Waals surface area contributed by atoms with Crippen molar-refractivity contribution in [3.05, 3.63) is 48.7 Å². The number of benzene rings is 1. The van der Waals surface area contributed by atoms with Crippen LogP contribution in [0.3, 0.4) is 0 Å². The van der Waals surface area contributed by atoms with Crippen LogP contribution in [0.2, 0.25) is 0 Å². The minimum Gasteiger partial charge on any atom is -0.453 e. The van der Waals surface area contributed by atoms with E-state index in [4.69, 9.17) is 10.5 Å². The summed E-state index contributed by atoms with van der Waals surface area (Å²) in [7, 11) is 0. The van der Waals surface area contributed by atoms with Crippen LogP contribution in [0.4, 0.5) is 10.2 Å². The number of nitrogen functional groups attached to an aromatic ring is 1. The number of anilines is 1. The van der Waals surface area contributed by atoms with E-state index >= 15 is 0 Å². The number of hydrogen-bond acceptors (Lipinski definition) is 6. The molecule has 0 saturated heterocycles. The van der Waals surface area contributed by atoms with E-state index in [-0.39, 0.29) is 11.6 Å². The molecule has 2 heterocycles. The van der Waals surface area contributed by atoms with Crippen molar-refractivity contribution in [2.24, 2.45) is 0 Å². The number of hydrogen-bond donors (Lipinski definition) is 2. The van der Waals surface area contributed by atoms with E-state index in [2.05, 4.69) is 20.2 Å². The third-order valence-electron chi connectivity index (χ3n) is 2.51. The molecule has 0 unspecified atom stereocenters. The largest absolute Gasteiger partial charge is 0.453 e. The van der Waals surface area contributed by atoms with Crippen LogP contribution < -0.4 is 10.5 Å². The van der Waals surface area contributed by atoms with Crippen molar-refractivity contribution in [3.63, 3.8) is 0 Å². The molecule has 2 aromatic heterocycles. The summed E-state index contributed by atoms with van der Waals surface area (Å²) >= 11 is 1.34. The summed E-state index contributed by atoms with van der Waals surface area (Å²) in [4.78, 5) is 8.87. The summed E-state index contributed by atoms with van der Waals surface area (Å²) in [6.45, 7) is 0. The number of aromatic nitrogens is 4. The fraction of sp³-hybridized carbons (Fsp3) is 0. The van der Waals surface area contributed by atoms with Crippen molar-refractivity contribution in [3.8, 4) is 11.5 Å². The standard InChI is InChI=1S/C13H10FN5OS/c14-8-1-3-9(4-2-8)20-11-5-10(6-16-12(11)15)21-13-17-7-18-19-13/h1-7H,(H2,15,16)(H,17,18,19). The van der Waals surface area contributed by atoms with Crippen molar-refractivity contribution < 1.29 is 9.13 Å². The van der Waals surface area contributed by atoms with Gasteiger partial charge in [-0.3, -0.25) is 5.10 Å². The molecule has 3 N–H and O–H groups in total. The molecule has 0 aliphatic carbocycles. The molecule has 106 valence electrons. The lowest BCUT2D eigenvalue weighted by Gasteiger charge is -2.09. The van der Waals surface area contributed by atoms with E-state index in [9.17, 15) is 4.39 Å². The highest BCUT2D eigenvalue weighted by Crippen LogP contribution is 2.32. The Balaban J connectivity index is 1.82. The first-order chi connectivity index (χ1) is 10.2. The number of H-pyrrole nitrogens is 1. The summed E-state index contributed by atoms with van der Waals surface area (Å²) < 4.78 is 18.5. The number of nitrogens with one attached hydrogen (secondary N) is 1. The molecule has 0 spiro atoms. The van der Waals surface area contributed by atoms with Crippen LogP contribution in [0, 0.1) is 5.82 Å². The van der Waals surface area contributed by atoms with Crippen LogP contribution in [-0.4, -0.2) is 20.2 Å². The van der Waals surface area contributed by atoms with Crippen LogP contribution >= 0.6 is 11.8 Å². The second kappa shape index (κ2) is 5.80. The van der Waals surface area contributed by atoms with Crippen LogP contribution in [0.1, 0.15) is 0 Å². The van der Waals surface area contributed by atoms with Crippen molar-refractivity contribution in [2.75, 3.05) is 5.73 Å². The van der Waals surface area contributed by atoms with Gasteiger partial charge in [0.15, 0.2) is 16.7 Å². The predicted molar refractivity (Wildman–Crippen MR) is 75.6 cm³/mol. The Kier molecular flexibility index (Phi) is 3.69. The fourth-order valence-electron chi connectivity index (χ4n) is 1.56. The molecule has 8 heteroatoms. The second-order valence-corrected chi connectivity index (χ2v) is 5.07. The molecule has 6 nitrogen and oxygen atoms in total. The minimum atomic E-state index is -0.330. The Morgan fingerprint density at radius 2 is 2.00 bits per heavy atom. The van der Waals surface area contributed by atoms with Crippen molar-refractivity contribution >= 4 is 17.6 Å². The van der Waals surface area contributed by atoms with Gasteiger partial charge in [0.25, 0.3) is 0 Å². The van der Waals surface area contributed by atoms with Gasteiger partial charge in [0.2, 0.25) is 0 Å². The van der Waals surface area contributed by atoms with E-state index in [1.165, 1.54) is 42.4 Å². The van der Waals surface area contributed by atoms with Gasteiger partial charge in [-0.2, -0.15) is 5.10 Å². The summed E-state index contributed by atoms with van der Waals surface area (Å²) in [6, 6.07) is 7.40. The Morgan fingerprint density at radius 1 is 1.19 bits per heavy atom. The lowest BCUT2D eigenvalue weighted by molar-refractivity contribution is 0.479. The average molecular weight is 303 g/mol. The van der Waals surface area contributed by atoms with Crippen molar-refractivity contribution in [2.45, 2.75) is 10.1 Å². The molecular weight excluding hydrogens is 293 g/mol. The number of halogens is 1. The van der Waals surface area contributed by atoms with Gasteiger partial charge < -0.3 is 10.5 Å². The van der Waals surface area contributed by atoms with Gasteiger partial charge in [-0.15, -0.1) is 0 Å². The van der Waals surface area contributed by atoms with E-state index in [1.54, 1.807) is 12.3 Å². The first-order valence-corrected chi connectivity index (χ1v) is 6.74. The van der Waals surface area contributed by atoms with E-state index in [0.29, 0.717) is 16.7 Å². The number of nitrogens with zero attached hydrogens (tertiary/aromatic N) is 3. The minimum absolute atomic E-state index is 0.251. The summed E-state index contributed by atoms with van der Waals surface area (Å²) in [5, 5.41) is 7.14. The summed E-state index contributed by atoms with van der Waals surface area (Å²) in [6.07, 6.45) is 3.03. The van der Waals surface area contributed by atoms with Crippen LogP contribution in [0.15, 0.2) is 52.9 Å². The number of aromatic amines is 1. The first kappa shape index (κ1) is 13.4. The number of nitrogens with two attached hydrogens (primary N) is 1. The molecule has 0 bridgehead atoms. The van der Waals surface area contributed by atoms with E-state index < -0.39 is 0 Å². The Labute approximate surface area is 123 Å². The van der Waals surface area contributed by atoms with Gasteiger partial charge >= 0.3 is 0 Å². The monoisotopic (exact) mass is 303 g/mol. The number of pyridine rings is 1. The lowest BCUT2D eigenvalue weighted by Crippen LogP contribution is -1.95. The molecule has 0 atom stereocenters. The Hall–Kier alpha value is -2.61. The normalized spacial score (nSPS) is 10.5. The van der Waals surface area contributed by atoms with E-state index in [0.717, 1.165) is 4.90 Å². The smallest absolute Gasteiger partial charge is 0.188 e. The molecule has 0 saturated carbocycles. The second-order valence-electron chi connectivity index (χ2n) is 4.00. The summed E-state index contributed by atoms with van der Waals surface area (Å²) in [5.41, 5.74) is 5.79. The molecule has 0 aliphatic rings. The Morgan fingerprint density at radius 3 is 2.71 bits per heavy atom. The first-order valence-electron chi connectivity index (χ1n) is 5.93. The highest BCUT2D eigenvalue weighted by atomic mass is 32.2. The highest BCUT2D eigenvalue weighted by Gasteiger charge is 2.08. The highest BCUT2D eigenvalue weighted by molar-refractivity contribution is 7.99. The maximum Gasteiger partial charge on any atom is 0.188 e. The maximum absolute atomic E-state index is 12.9. The van der Waals surface area contributed by atoms with Gasteiger partial charge in [-0.25, -0.2) is 14.4 Å². The zero-order chi connectivity index (χ0) is 14.7. The van der Waals surface area contributed by atoms with Gasteiger partial charge in [0.05, 0.1) is 0 Å². The quantitative estimate of drug-likeness (QED) is 0.770. The molecule has 3 rings (SSSR count). The third-order valence-corrected chi connectivity index (χ3v) is 3.35. The molecule has 1 aromatic carbocycles. The molecule has 3 aromatic rings. The molecule has 0 radical (unpaired) electrons. The molecule has 21 heavy (non-hydrogen) atoms. The topological polar surface area (TPSA) is 89.7 Å². The number of ether oxygens (including phenoxy) is 1. The van der Waals surface area contributed by atoms with Crippen molar-refractivity contribution in [1.29, 1.82) is 0 Å². The van der Waals surface area contributed by atoms with Crippen LogP contribution in [-0.2, 0) is 0 Å². The summed E-state index contributed by atoms with van der Waals surface area (Å²) in [5.74, 6) is 0.794. The van der Waals surface area contributed by atoms with Crippen LogP contribution in [0.5, 0.6) is 11.5 Å². The molecule has 0 amide bonds. The molecule has 0 fully saturated rings. The van der Waals surface area contributed by atoms with Crippen molar-refractivity contribution in [1.82, 2.24) is 20.2 Å². The van der Waals surface area contributed by atoms with E-state index in [1.807, 2.05) is 0 Å². The zero-order valence-electron chi connectivity index (χ0n) is 10.7. The van der Waals surface area contributed by atoms with Gasteiger partial charge in [0, 0.05) is 17.2 Å². The molecular formula is C13H10FN5OS. The van der Waals surface area contributed by atoms with Gasteiger partial charge in [-0.1, -0.05) is 0 Å². The van der Waals surface area contributed by atoms with Crippen LogP contribution in [0.25, 0.3) is 0 Å². The van der Waals surface area contributed by atoms with Gasteiger partial charge in [-0.05, 0) is 36.0 Å². The SMILES string of the molecule is Nc1ncc(Sc2ncn[nH]2)cc1Oc1ccc(F)cc1. The fourth-order valence-corrected chi connectivity index (χ4v) is 2.25. The zero-order valence-corrected chi connectivity index (χ0v) is 11.5. The Bertz CT molecular complexity index is 733. The third kappa shape index (κ3) is 3.29.